The SMILES string of the molecule is Fc1c(-c2ccc(N(c3ccccc3)c3ccccc3)cc2)c2c3cc(Oc4ccccc4)ccc3n(-c3ccc(-c4ccccc4)cc3)c2c2c1c1cc(Oc3ccccc3)ccc1n2-c1ccc(-c2ccccc2)cc1.c1ccc(-c2ccc3c(c2)c2cc(-c4ccc(N(c5ccccc5)c5ccccc5)cc4)c4c5cc(-c6ccccc6)ccc5n(-c5ccccc5)c4c2n3-c2ccccc2)cc1. The molecule has 26 aromatic rings. The van der Waals surface area contributed by atoms with Gasteiger partial charge in [-0.1, -0.05) is 328 Å². The lowest BCUT2D eigenvalue weighted by Gasteiger charge is -2.25. The second-order valence-corrected chi connectivity index (χ2v) is 35.5. The van der Waals surface area contributed by atoms with Crippen LogP contribution in [0.5, 0.6) is 23.0 Å². The summed E-state index contributed by atoms with van der Waals surface area (Å²) in [7, 11) is 0. The van der Waals surface area contributed by atoms with E-state index in [4.69, 9.17) is 9.47 Å². The van der Waals surface area contributed by atoms with Crippen LogP contribution >= 0.6 is 0 Å². The minimum atomic E-state index is -0.345. The van der Waals surface area contributed by atoms with Crippen LogP contribution in [0.1, 0.15) is 0 Å². The molecule has 0 radical (unpaired) electrons. The van der Waals surface area contributed by atoms with Crippen molar-refractivity contribution in [3.63, 3.8) is 0 Å². The summed E-state index contributed by atoms with van der Waals surface area (Å²) < 4.78 is 42.2. The fraction of sp³-hybridized carbons (Fsp3) is 0. The zero-order chi connectivity index (χ0) is 93.6. The quantitative estimate of drug-likeness (QED) is 0.0763. The van der Waals surface area contributed by atoms with Crippen LogP contribution in [-0.4, -0.2) is 18.3 Å². The first-order chi connectivity index (χ1) is 69.9. The van der Waals surface area contributed by atoms with Gasteiger partial charge in [-0.2, -0.15) is 0 Å². The van der Waals surface area contributed by atoms with Gasteiger partial charge in [0.05, 0.1) is 44.1 Å². The highest BCUT2D eigenvalue weighted by Crippen LogP contribution is 2.53. The molecular weight excluding hydrogens is 1720 g/mol. The first-order valence-electron chi connectivity index (χ1n) is 47.8. The second-order valence-electron chi connectivity index (χ2n) is 35.5. The highest BCUT2D eigenvalue weighted by atomic mass is 19.1. The number of nitrogens with zero attached hydrogens (tertiary/aromatic N) is 6. The van der Waals surface area contributed by atoms with Gasteiger partial charge in [-0.3, -0.25) is 0 Å². The third kappa shape index (κ3) is 15.5. The zero-order valence-electron chi connectivity index (χ0n) is 76.8. The fourth-order valence-corrected chi connectivity index (χ4v) is 20.8. The predicted octanol–water partition coefficient (Wildman–Crippen LogP) is 36.4. The number of aromatic nitrogens is 4. The van der Waals surface area contributed by atoms with E-state index in [1.165, 1.54) is 65.9 Å². The smallest absolute Gasteiger partial charge is 0.141 e. The van der Waals surface area contributed by atoms with E-state index in [9.17, 15) is 0 Å². The first-order valence-corrected chi connectivity index (χ1v) is 47.8. The van der Waals surface area contributed by atoms with Gasteiger partial charge in [-0.25, -0.2) is 4.39 Å². The van der Waals surface area contributed by atoms with Crippen LogP contribution in [0.15, 0.2) is 540 Å². The van der Waals surface area contributed by atoms with Gasteiger partial charge < -0.3 is 37.5 Å². The summed E-state index contributed by atoms with van der Waals surface area (Å²) in [4.78, 5) is 4.55. The second kappa shape index (κ2) is 36.4. The van der Waals surface area contributed by atoms with Crippen molar-refractivity contribution in [1.29, 1.82) is 0 Å². The molecule has 0 aliphatic rings. The maximum atomic E-state index is 19.5. The van der Waals surface area contributed by atoms with Gasteiger partial charge in [0.1, 0.15) is 28.8 Å². The summed E-state index contributed by atoms with van der Waals surface area (Å²) in [5, 5.41) is 7.63. The Balaban J connectivity index is 0.000000152. The molecule has 0 bridgehead atoms. The van der Waals surface area contributed by atoms with Crippen LogP contribution in [0, 0.1) is 5.82 Å². The standard InChI is InChI=1S/C72H48FN3O2.C60H41N3/c73-70-67(53-35-41-56(42-36-53)74(54-23-11-3-12-24-54)55-25-13-4-14-26-55)68-63-47-61(77-59-27-15-5-16-28-59)43-45-65(63)75(57-37-31-51(32-38-57)49-19-7-1-8-20-49)71(68)72-69(70)64-48-62(78-60-29-17-6-18-30-60)44-46-66(64)76(72)58-39-33-52(34-40-58)50-21-9-2-10-22-50;1-7-19-42(20-8-1)45-33-37-56-53(39-45)54-41-52(44-31-35-51(36-32-44)61(47-23-11-3-12-24-47)48-25-13-4-14-26-48)58-55-40-46(43-21-9-2-10-22-43)34-38-57(55)63(50-29-17-6-18-30-50)60(58)59(54)62(56)49-27-15-5-16-28-49/h1-48H;1-41H. The maximum absolute atomic E-state index is 19.5. The number of anilines is 6. The summed E-state index contributed by atoms with van der Waals surface area (Å²) in [6, 6.07) is 189. The molecule has 0 fully saturated rings. The Morgan fingerprint density at radius 1 is 0.170 bits per heavy atom. The average molecular weight is 1810 g/mol. The van der Waals surface area contributed by atoms with Gasteiger partial charge >= 0.3 is 0 Å². The molecule has 4 heterocycles. The van der Waals surface area contributed by atoms with Crippen molar-refractivity contribution in [2.24, 2.45) is 0 Å². The number of rotatable bonds is 20. The van der Waals surface area contributed by atoms with Gasteiger partial charge in [0.2, 0.25) is 0 Å². The lowest BCUT2D eigenvalue weighted by Crippen LogP contribution is -2.09. The van der Waals surface area contributed by atoms with E-state index in [-0.39, 0.29) is 5.82 Å². The molecule has 0 amide bonds. The summed E-state index contributed by atoms with van der Waals surface area (Å²) in [5.74, 6) is 2.28. The molecule has 26 rings (SSSR count). The highest BCUT2D eigenvalue weighted by Gasteiger charge is 2.32. The van der Waals surface area contributed by atoms with Gasteiger partial charge in [0.25, 0.3) is 0 Å². The van der Waals surface area contributed by atoms with Crippen molar-refractivity contribution in [2.45, 2.75) is 0 Å². The summed E-state index contributed by atoms with van der Waals surface area (Å²) >= 11 is 0. The number of ether oxygens (including phenoxy) is 2. The number of fused-ring (bicyclic) bond motifs is 14. The Morgan fingerprint density at radius 2 is 0.433 bits per heavy atom. The van der Waals surface area contributed by atoms with Crippen molar-refractivity contribution in [1.82, 2.24) is 18.3 Å². The van der Waals surface area contributed by atoms with E-state index in [2.05, 4.69) is 441 Å². The van der Waals surface area contributed by atoms with Crippen LogP contribution in [0.25, 0.3) is 177 Å². The van der Waals surface area contributed by atoms with Gasteiger partial charge in [0.15, 0.2) is 0 Å². The minimum Gasteiger partial charge on any atom is -0.457 e. The summed E-state index contributed by atoms with van der Waals surface area (Å²) in [5.41, 5.74) is 31.0. The molecular formula is C132H89FN6O2. The van der Waals surface area contributed by atoms with Crippen LogP contribution < -0.4 is 19.3 Å². The van der Waals surface area contributed by atoms with Crippen molar-refractivity contribution in [2.75, 3.05) is 9.80 Å². The molecule has 22 aromatic carbocycles. The lowest BCUT2D eigenvalue weighted by atomic mass is 9.94. The maximum Gasteiger partial charge on any atom is 0.141 e. The summed E-state index contributed by atoms with van der Waals surface area (Å²) in [6.07, 6.45) is 0. The number of benzene rings is 22. The molecule has 0 aliphatic heterocycles. The van der Waals surface area contributed by atoms with Gasteiger partial charge in [-0.15, -0.1) is 0 Å². The van der Waals surface area contributed by atoms with Crippen molar-refractivity contribution in [3.05, 3.63) is 546 Å². The van der Waals surface area contributed by atoms with Crippen molar-refractivity contribution < 1.29 is 13.9 Å². The topological polar surface area (TPSA) is 44.7 Å². The average Bonchev–Trinajstić information content (AvgIpc) is 1.53. The first kappa shape index (κ1) is 84.0. The van der Waals surface area contributed by atoms with E-state index < -0.39 is 0 Å². The monoisotopic (exact) mass is 1810 g/mol. The summed E-state index contributed by atoms with van der Waals surface area (Å²) in [6.45, 7) is 0. The predicted molar refractivity (Wildman–Crippen MR) is 585 cm³/mol. The van der Waals surface area contributed by atoms with E-state index in [0.29, 0.717) is 39.3 Å². The van der Waals surface area contributed by atoms with Crippen LogP contribution in [0.4, 0.5) is 38.5 Å². The molecule has 0 atom stereocenters. The van der Waals surface area contributed by atoms with Crippen LogP contribution in [0.2, 0.25) is 0 Å². The zero-order valence-corrected chi connectivity index (χ0v) is 76.8. The molecule has 0 N–H and O–H groups in total. The molecule has 0 saturated carbocycles. The third-order valence-electron chi connectivity index (χ3n) is 27.1. The Hall–Kier alpha value is -18.8. The molecule has 9 heteroatoms. The molecule has 141 heavy (non-hydrogen) atoms. The van der Waals surface area contributed by atoms with E-state index in [1.807, 2.05) is 127 Å². The minimum absolute atomic E-state index is 0.345. The molecule has 4 aromatic heterocycles. The van der Waals surface area contributed by atoms with E-state index in [1.54, 1.807) is 0 Å². The van der Waals surface area contributed by atoms with Gasteiger partial charge in [-0.05, 0) is 274 Å². The van der Waals surface area contributed by atoms with Gasteiger partial charge in [0, 0.05) is 106 Å². The number of para-hydroxylation sites is 8. The Labute approximate surface area is 815 Å². The van der Waals surface area contributed by atoms with Crippen LogP contribution in [0.3, 0.4) is 0 Å². The normalized spacial score (nSPS) is 11.4. The number of hydrogen-bond acceptors (Lipinski definition) is 4. The highest BCUT2D eigenvalue weighted by molar-refractivity contribution is 6.31. The lowest BCUT2D eigenvalue weighted by molar-refractivity contribution is 0.483. The largest absolute Gasteiger partial charge is 0.457 e. The van der Waals surface area contributed by atoms with E-state index >= 15 is 4.39 Å². The Bertz CT molecular complexity index is 8980. The van der Waals surface area contributed by atoms with Crippen molar-refractivity contribution >= 4 is 121 Å². The molecule has 0 saturated heterocycles. The number of hydrogen-bond donors (Lipinski definition) is 0. The molecule has 0 spiro atoms. The molecule has 8 nitrogen and oxygen atoms in total. The van der Waals surface area contributed by atoms with Crippen molar-refractivity contribution in [3.8, 4) is 113 Å². The Morgan fingerprint density at radius 3 is 0.823 bits per heavy atom. The molecule has 666 valence electrons. The fourth-order valence-electron chi connectivity index (χ4n) is 20.8. The molecule has 0 aliphatic carbocycles. The van der Waals surface area contributed by atoms with Crippen LogP contribution in [-0.2, 0) is 0 Å². The number of halogens is 1. The molecule has 0 unspecified atom stereocenters. The van der Waals surface area contributed by atoms with E-state index in [0.717, 1.165) is 129 Å². The third-order valence-corrected chi connectivity index (χ3v) is 27.1. The Kier molecular flexibility index (Phi) is 21.7.